The Morgan fingerprint density at radius 1 is 1.03 bits per heavy atom. The largest absolute Gasteiger partial charge is 0.495 e. The Morgan fingerprint density at radius 3 is 2.57 bits per heavy atom. The number of hydrogen-bond donors (Lipinski definition) is 2. The van der Waals surface area contributed by atoms with Gasteiger partial charge in [-0.1, -0.05) is 12.1 Å². The van der Waals surface area contributed by atoms with Crippen molar-refractivity contribution in [2.24, 2.45) is 7.05 Å². The molecule has 0 bridgehead atoms. The summed E-state index contributed by atoms with van der Waals surface area (Å²) in [7, 11) is 3.38. The zero-order valence-corrected chi connectivity index (χ0v) is 20.9. The minimum atomic E-state index is -0.883. The Bertz CT molecular complexity index is 1630. The smallest absolute Gasteiger partial charge is 0.274 e. The third-order valence-electron chi connectivity index (χ3n) is 5.98. The fourth-order valence-electron chi connectivity index (χ4n) is 4.19. The van der Waals surface area contributed by atoms with Crippen LogP contribution in [0.3, 0.4) is 0 Å². The molecular weight excluding hydrogens is 468 g/mol. The topological polar surface area (TPSA) is 134 Å². The Hall–Kier alpha value is -4.86. The first-order valence-corrected chi connectivity index (χ1v) is 11.6. The van der Waals surface area contributed by atoms with E-state index in [4.69, 9.17) is 15.5 Å². The van der Waals surface area contributed by atoms with Crippen molar-refractivity contribution in [3.63, 3.8) is 0 Å². The number of ether oxygens (including phenoxy) is 1. The van der Waals surface area contributed by atoms with Crippen LogP contribution in [0.2, 0.25) is 0 Å². The molecule has 3 N–H and O–H groups in total. The minimum absolute atomic E-state index is 0.00365. The monoisotopic (exact) mass is 494 g/mol. The van der Waals surface area contributed by atoms with Crippen LogP contribution in [0.5, 0.6) is 5.75 Å². The van der Waals surface area contributed by atoms with E-state index in [1.54, 1.807) is 36.3 Å². The summed E-state index contributed by atoms with van der Waals surface area (Å²) < 4.78 is 7.11. The molecule has 0 atom stereocenters. The van der Waals surface area contributed by atoms with Crippen molar-refractivity contribution in [3.05, 3.63) is 78.5 Å². The maximum Gasteiger partial charge on any atom is 0.274 e. The van der Waals surface area contributed by atoms with E-state index in [2.05, 4.69) is 25.4 Å². The number of methoxy groups -OCH3 is 1. The van der Waals surface area contributed by atoms with Gasteiger partial charge in [0.2, 0.25) is 0 Å². The van der Waals surface area contributed by atoms with Gasteiger partial charge in [0.05, 0.1) is 23.9 Å². The standard InChI is InChI=1S/C27H26N8O2/c1-27(2,24-20(37-4)8-6-13-30-24)33-26(36)23-25(28)32-22(19-11-14-35(3)34-19)21(31-23)17-9-10-18-16(15-17)7-5-12-29-18/h5-15H,1-4H3,(H2,28,32)(H,33,36). The number of fused-ring (bicyclic) bond motifs is 1. The van der Waals surface area contributed by atoms with Gasteiger partial charge in [-0.05, 0) is 50.2 Å². The third-order valence-corrected chi connectivity index (χ3v) is 5.98. The first kappa shape index (κ1) is 23.9. The lowest BCUT2D eigenvalue weighted by Crippen LogP contribution is -2.42. The van der Waals surface area contributed by atoms with Gasteiger partial charge in [-0.2, -0.15) is 5.10 Å². The van der Waals surface area contributed by atoms with Crippen molar-refractivity contribution in [2.45, 2.75) is 19.4 Å². The molecule has 0 aliphatic rings. The van der Waals surface area contributed by atoms with E-state index in [-0.39, 0.29) is 11.5 Å². The van der Waals surface area contributed by atoms with Gasteiger partial charge in [-0.15, -0.1) is 0 Å². The summed E-state index contributed by atoms with van der Waals surface area (Å²) in [5.74, 6) is 0.0648. The Labute approximate surface area is 213 Å². The molecule has 1 amide bonds. The number of nitrogens with one attached hydrogen (secondary N) is 1. The molecule has 4 aromatic heterocycles. The van der Waals surface area contributed by atoms with E-state index in [1.165, 1.54) is 0 Å². The Balaban J connectivity index is 1.61. The van der Waals surface area contributed by atoms with Crippen LogP contribution in [0.1, 0.15) is 30.0 Å². The Morgan fingerprint density at radius 2 is 1.81 bits per heavy atom. The minimum Gasteiger partial charge on any atom is -0.495 e. The molecule has 4 heterocycles. The summed E-state index contributed by atoms with van der Waals surface area (Å²) in [5, 5.41) is 8.40. The van der Waals surface area contributed by atoms with Gasteiger partial charge in [0.25, 0.3) is 5.91 Å². The number of nitrogens with zero attached hydrogens (tertiary/aromatic N) is 6. The van der Waals surface area contributed by atoms with Gasteiger partial charge >= 0.3 is 0 Å². The second-order valence-electron chi connectivity index (χ2n) is 9.07. The summed E-state index contributed by atoms with van der Waals surface area (Å²) in [5.41, 5.74) is 9.15. The number of aryl methyl sites for hydroxylation is 1. The number of nitrogens with two attached hydrogens (primary N) is 1. The maximum atomic E-state index is 13.5. The Kier molecular flexibility index (Phi) is 6.00. The van der Waals surface area contributed by atoms with Crippen LogP contribution in [-0.2, 0) is 12.6 Å². The molecule has 5 rings (SSSR count). The molecule has 0 fully saturated rings. The number of benzene rings is 1. The number of carbonyl (C=O) groups excluding carboxylic acids is 1. The second kappa shape index (κ2) is 9.30. The highest BCUT2D eigenvalue weighted by Crippen LogP contribution is 2.32. The first-order chi connectivity index (χ1) is 17.8. The van der Waals surface area contributed by atoms with Gasteiger partial charge in [0, 0.05) is 36.6 Å². The number of carbonyl (C=O) groups is 1. The van der Waals surface area contributed by atoms with Crippen LogP contribution in [-0.4, -0.2) is 42.7 Å². The number of pyridine rings is 2. The molecule has 0 saturated heterocycles. The third kappa shape index (κ3) is 4.56. The molecule has 0 aliphatic heterocycles. The van der Waals surface area contributed by atoms with E-state index in [1.807, 2.05) is 63.5 Å². The van der Waals surface area contributed by atoms with Crippen molar-refractivity contribution in [2.75, 3.05) is 12.8 Å². The van der Waals surface area contributed by atoms with Gasteiger partial charge in [0.15, 0.2) is 11.5 Å². The number of anilines is 1. The van der Waals surface area contributed by atoms with E-state index >= 15 is 0 Å². The van der Waals surface area contributed by atoms with E-state index in [0.717, 1.165) is 16.5 Å². The van der Waals surface area contributed by atoms with E-state index in [0.29, 0.717) is 28.5 Å². The molecule has 0 aliphatic carbocycles. The summed E-state index contributed by atoms with van der Waals surface area (Å²) in [6, 6.07) is 15.0. The molecule has 10 nitrogen and oxygen atoms in total. The predicted molar refractivity (Wildman–Crippen MR) is 141 cm³/mol. The van der Waals surface area contributed by atoms with Crippen LogP contribution in [0.15, 0.2) is 67.1 Å². The number of hydrogen-bond acceptors (Lipinski definition) is 8. The van der Waals surface area contributed by atoms with Crippen LogP contribution >= 0.6 is 0 Å². The zero-order valence-electron chi connectivity index (χ0n) is 20.9. The van der Waals surface area contributed by atoms with E-state index < -0.39 is 11.4 Å². The van der Waals surface area contributed by atoms with Gasteiger partial charge < -0.3 is 15.8 Å². The predicted octanol–water partition coefficient (Wildman–Crippen LogP) is 3.74. The average Bonchev–Trinajstić information content (AvgIpc) is 3.34. The first-order valence-electron chi connectivity index (χ1n) is 11.6. The molecule has 1 aromatic carbocycles. The van der Waals surface area contributed by atoms with Crippen molar-refractivity contribution in [1.29, 1.82) is 0 Å². The zero-order chi connectivity index (χ0) is 26.2. The molecule has 37 heavy (non-hydrogen) atoms. The molecule has 186 valence electrons. The van der Waals surface area contributed by atoms with Crippen LogP contribution in [0.4, 0.5) is 5.82 Å². The molecule has 0 spiro atoms. The lowest BCUT2D eigenvalue weighted by molar-refractivity contribution is 0.0905. The number of nitrogen functional groups attached to an aromatic ring is 1. The molecular formula is C27H26N8O2. The van der Waals surface area contributed by atoms with Crippen molar-refractivity contribution in [1.82, 2.24) is 35.0 Å². The average molecular weight is 495 g/mol. The fraction of sp³-hybridized carbons (Fsp3) is 0.185. The number of amides is 1. The SMILES string of the molecule is COc1cccnc1C(C)(C)NC(=O)c1nc(-c2ccc3ncccc3c2)c(-c2ccn(C)n2)nc1N. The van der Waals surface area contributed by atoms with Gasteiger partial charge in [-0.3, -0.25) is 19.4 Å². The summed E-state index contributed by atoms with van der Waals surface area (Å²) >= 11 is 0. The summed E-state index contributed by atoms with van der Waals surface area (Å²) in [4.78, 5) is 31.6. The summed E-state index contributed by atoms with van der Waals surface area (Å²) in [6.45, 7) is 3.66. The summed E-state index contributed by atoms with van der Waals surface area (Å²) in [6.07, 6.45) is 5.20. The quantitative estimate of drug-likeness (QED) is 0.365. The van der Waals surface area contributed by atoms with Crippen LogP contribution in [0.25, 0.3) is 33.5 Å². The molecule has 0 radical (unpaired) electrons. The highest BCUT2D eigenvalue weighted by Gasteiger charge is 2.30. The van der Waals surface area contributed by atoms with Crippen molar-refractivity contribution < 1.29 is 9.53 Å². The number of aromatic nitrogens is 6. The second-order valence-corrected chi connectivity index (χ2v) is 9.07. The maximum absolute atomic E-state index is 13.5. The van der Waals surface area contributed by atoms with Crippen LogP contribution < -0.4 is 15.8 Å². The van der Waals surface area contributed by atoms with Gasteiger partial charge in [-0.25, -0.2) is 9.97 Å². The van der Waals surface area contributed by atoms with Gasteiger partial charge in [0.1, 0.15) is 22.8 Å². The van der Waals surface area contributed by atoms with Crippen LogP contribution in [0, 0.1) is 0 Å². The lowest BCUT2D eigenvalue weighted by atomic mass is 9.98. The highest BCUT2D eigenvalue weighted by molar-refractivity contribution is 5.98. The lowest BCUT2D eigenvalue weighted by Gasteiger charge is -2.27. The molecule has 10 heteroatoms. The normalized spacial score (nSPS) is 11.5. The highest BCUT2D eigenvalue weighted by atomic mass is 16.5. The molecule has 0 saturated carbocycles. The number of rotatable bonds is 6. The fourth-order valence-corrected chi connectivity index (χ4v) is 4.19. The van der Waals surface area contributed by atoms with Crippen molar-refractivity contribution in [3.8, 4) is 28.4 Å². The molecule has 5 aromatic rings. The van der Waals surface area contributed by atoms with E-state index in [9.17, 15) is 4.79 Å². The van der Waals surface area contributed by atoms with Crippen molar-refractivity contribution >= 4 is 22.6 Å². The molecule has 0 unspecified atom stereocenters.